The maximum atomic E-state index is 8.81. The molecule has 0 aliphatic carbocycles. The van der Waals surface area contributed by atoms with E-state index in [1.807, 2.05) is 23.6 Å². The van der Waals surface area contributed by atoms with Crippen molar-refractivity contribution in [1.29, 1.82) is 5.26 Å². The van der Waals surface area contributed by atoms with E-state index in [1.165, 1.54) is 0 Å². The first-order valence-electron chi connectivity index (χ1n) is 4.75. The Hall–Kier alpha value is -1.99. The lowest BCUT2D eigenvalue weighted by Gasteiger charge is -2.08. The minimum Gasteiger partial charge on any atom is -0.486 e. The highest BCUT2D eigenvalue weighted by Gasteiger charge is 2.05. The average Bonchev–Trinajstić information content (AvgIpc) is 2.81. The molecule has 0 atom stereocenters. The number of nitrogens with zero attached hydrogens (tertiary/aromatic N) is 1. The van der Waals surface area contributed by atoms with E-state index in [2.05, 4.69) is 0 Å². The lowest BCUT2D eigenvalue weighted by molar-refractivity contribution is 0.311. The van der Waals surface area contributed by atoms with Gasteiger partial charge in [-0.15, -0.1) is 11.3 Å². The lowest BCUT2D eigenvalue weighted by atomic mass is 10.2. The van der Waals surface area contributed by atoms with Crippen molar-refractivity contribution in [2.45, 2.75) is 6.61 Å². The van der Waals surface area contributed by atoms with Crippen molar-refractivity contribution in [3.05, 3.63) is 46.2 Å². The Bertz CT molecular complexity index is 514. The van der Waals surface area contributed by atoms with Gasteiger partial charge in [-0.1, -0.05) is 12.1 Å². The summed E-state index contributed by atoms with van der Waals surface area (Å²) in [5, 5.41) is 10.8. The van der Waals surface area contributed by atoms with E-state index in [0.717, 1.165) is 4.88 Å². The van der Waals surface area contributed by atoms with Crippen LogP contribution in [0.15, 0.2) is 35.7 Å². The number of nitrogens with two attached hydrogens (primary N) is 1. The van der Waals surface area contributed by atoms with Crippen LogP contribution in [-0.2, 0) is 6.61 Å². The highest BCUT2D eigenvalue weighted by Crippen LogP contribution is 2.25. The summed E-state index contributed by atoms with van der Waals surface area (Å²) in [5.41, 5.74) is 6.64. The van der Waals surface area contributed by atoms with Gasteiger partial charge in [-0.2, -0.15) is 5.26 Å². The molecule has 0 amide bonds. The number of hydrogen-bond donors (Lipinski definition) is 1. The van der Waals surface area contributed by atoms with Crippen LogP contribution in [-0.4, -0.2) is 0 Å². The van der Waals surface area contributed by atoms with E-state index in [-0.39, 0.29) is 0 Å². The van der Waals surface area contributed by atoms with Gasteiger partial charge in [-0.3, -0.25) is 0 Å². The van der Waals surface area contributed by atoms with Crippen molar-refractivity contribution in [3.8, 4) is 11.8 Å². The Morgan fingerprint density at radius 3 is 2.88 bits per heavy atom. The van der Waals surface area contributed by atoms with Gasteiger partial charge in [0.05, 0.1) is 11.3 Å². The van der Waals surface area contributed by atoms with Crippen LogP contribution < -0.4 is 10.5 Å². The smallest absolute Gasteiger partial charge is 0.144 e. The first-order valence-corrected chi connectivity index (χ1v) is 5.63. The Morgan fingerprint density at radius 1 is 1.31 bits per heavy atom. The van der Waals surface area contributed by atoms with Gasteiger partial charge in [0, 0.05) is 4.88 Å². The molecular formula is C12H10N2OS. The van der Waals surface area contributed by atoms with E-state index in [1.54, 1.807) is 29.5 Å². The van der Waals surface area contributed by atoms with Crippen molar-refractivity contribution in [2.24, 2.45) is 0 Å². The van der Waals surface area contributed by atoms with Crippen molar-refractivity contribution < 1.29 is 4.74 Å². The van der Waals surface area contributed by atoms with Crippen LogP contribution in [0.5, 0.6) is 5.75 Å². The number of nitriles is 1. The van der Waals surface area contributed by atoms with Crippen LogP contribution in [0, 0.1) is 11.3 Å². The normalized spacial score (nSPS) is 9.69. The number of para-hydroxylation sites is 1. The molecule has 1 heterocycles. The van der Waals surface area contributed by atoms with Crippen LogP contribution in [0.2, 0.25) is 0 Å². The van der Waals surface area contributed by atoms with Gasteiger partial charge < -0.3 is 10.5 Å². The summed E-state index contributed by atoms with van der Waals surface area (Å²) in [6.45, 7) is 0.483. The molecule has 0 radical (unpaired) electrons. The summed E-state index contributed by atoms with van der Waals surface area (Å²) < 4.78 is 5.56. The zero-order valence-corrected chi connectivity index (χ0v) is 9.33. The number of benzene rings is 1. The molecule has 3 nitrogen and oxygen atoms in total. The van der Waals surface area contributed by atoms with Crippen LogP contribution >= 0.6 is 11.3 Å². The zero-order chi connectivity index (χ0) is 11.4. The van der Waals surface area contributed by atoms with Crippen molar-refractivity contribution in [2.75, 3.05) is 5.73 Å². The number of anilines is 1. The molecule has 2 rings (SSSR count). The minimum atomic E-state index is 0.404. The third-order valence-corrected chi connectivity index (χ3v) is 2.99. The highest BCUT2D eigenvalue weighted by molar-refractivity contribution is 7.09. The molecule has 4 heteroatoms. The summed E-state index contributed by atoms with van der Waals surface area (Å²) >= 11 is 1.63. The second-order valence-electron chi connectivity index (χ2n) is 3.20. The molecule has 16 heavy (non-hydrogen) atoms. The van der Waals surface area contributed by atoms with Gasteiger partial charge in [-0.05, 0) is 23.6 Å². The number of thiophene rings is 1. The predicted molar refractivity (Wildman–Crippen MR) is 64.2 cm³/mol. The van der Waals surface area contributed by atoms with Gasteiger partial charge >= 0.3 is 0 Å². The molecule has 0 aliphatic heterocycles. The maximum Gasteiger partial charge on any atom is 0.144 e. The SMILES string of the molecule is N#Cc1cccc(OCc2cccs2)c1N. The fourth-order valence-corrected chi connectivity index (χ4v) is 1.93. The Labute approximate surface area is 97.7 Å². The standard InChI is InChI=1S/C12H10N2OS/c13-7-9-3-1-5-11(12(9)14)15-8-10-4-2-6-16-10/h1-6H,8,14H2. The largest absolute Gasteiger partial charge is 0.486 e. The van der Waals surface area contributed by atoms with Gasteiger partial charge in [0.2, 0.25) is 0 Å². The summed E-state index contributed by atoms with van der Waals surface area (Å²) in [6, 6.07) is 11.2. The molecule has 0 aliphatic rings. The van der Waals surface area contributed by atoms with E-state index >= 15 is 0 Å². The Morgan fingerprint density at radius 2 is 2.19 bits per heavy atom. The Kier molecular flexibility index (Phi) is 3.08. The molecule has 2 N–H and O–H groups in total. The van der Waals surface area contributed by atoms with Crippen molar-refractivity contribution >= 4 is 17.0 Å². The Balaban J connectivity index is 2.13. The quantitative estimate of drug-likeness (QED) is 0.825. The average molecular weight is 230 g/mol. The second kappa shape index (κ2) is 4.69. The van der Waals surface area contributed by atoms with Gasteiger partial charge in [-0.25, -0.2) is 0 Å². The maximum absolute atomic E-state index is 8.81. The summed E-state index contributed by atoms with van der Waals surface area (Å²) in [4.78, 5) is 1.13. The highest BCUT2D eigenvalue weighted by atomic mass is 32.1. The van der Waals surface area contributed by atoms with Crippen LogP contribution in [0.3, 0.4) is 0 Å². The number of ether oxygens (including phenoxy) is 1. The number of nitrogen functional groups attached to an aromatic ring is 1. The summed E-state index contributed by atoms with van der Waals surface area (Å²) in [7, 11) is 0. The molecule has 0 saturated carbocycles. The molecular weight excluding hydrogens is 220 g/mol. The summed E-state index contributed by atoms with van der Waals surface area (Å²) in [6.07, 6.45) is 0. The van der Waals surface area contributed by atoms with Gasteiger partial charge in [0.25, 0.3) is 0 Å². The third-order valence-electron chi connectivity index (χ3n) is 2.14. The second-order valence-corrected chi connectivity index (χ2v) is 4.23. The van der Waals surface area contributed by atoms with Gasteiger partial charge in [0.15, 0.2) is 0 Å². The summed E-state index contributed by atoms with van der Waals surface area (Å²) in [5.74, 6) is 0.562. The van der Waals surface area contributed by atoms with E-state index in [4.69, 9.17) is 15.7 Å². The van der Waals surface area contributed by atoms with Crippen molar-refractivity contribution in [1.82, 2.24) is 0 Å². The van der Waals surface area contributed by atoms with E-state index < -0.39 is 0 Å². The molecule has 0 spiro atoms. The first kappa shape index (κ1) is 10.5. The molecule has 80 valence electrons. The van der Waals surface area contributed by atoms with Crippen LogP contribution in [0.1, 0.15) is 10.4 Å². The molecule has 0 fully saturated rings. The molecule has 0 saturated heterocycles. The third kappa shape index (κ3) is 2.15. The lowest BCUT2D eigenvalue weighted by Crippen LogP contribution is -1.99. The number of rotatable bonds is 3. The van der Waals surface area contributed by atoms with Crippen LogP contribution in [0.25, 0.3) is 0 Å². The molecule has 0 unspecified atom stereocenters. The monoisotopic (exact) mass is 230 g/mol. The molecule has 2 aromatic rings. The molecule has 1 aromatic heterocycles. The predicted octanol–water partition coefficient (Wildman–Crippen LogP) is 2.78. The molecule has 1 aromatic carbocycles. The first-order chi connectivity index (χ1) is 7.81. The van der Waals surface area contributed by atoms with E-state index in [9.17, 15) is 0 Å². The number of hydrogen-bond acceptors (Lipinski definition) is 4. The van der Waals surface area contributed by atoms with E-state index in [0.29, 0.717) is 23.6 Å². The van der Waals surface area contributed by atoms with Gasteiger partial charge in [0.1, 0.15) is 18.4 Å². The minimum absolute atomic E-state index is 0.404. The fourth-order valence-electron chi connectivity index (χ4n) is 1.31. The fraction of sp³-hybridized carbons (Fsp3) is 0.0833. The zero-order valence-electron chi connectivity index (χ0n) is 8.51. The van der Waals surface area contributed by atoms with Crippen LogP contribution in [0.4, 0.5) is 5.69 Å². The molecule has 0 bridgehead atoms. The topological polar surface area (TPSA) is 59.0 Å². The van der Waals surface area contributed by atoms with Crippen molar-refractivity contribution in [3.63, 3.8) is 0 Å².